The lowest BCUT2D eigenvalue weighted by Crippen LogP contribution is -2.43. The molecular formula is C21H26F3N5O5. The molecular weight excluding hydrogens is 459 g/mol. The Morgan fingerprint density at radius 1 is 1.18 bits per heavy atom. The Bertz CT molecular complexity index is 1180. The number of hydrogen-bond donors (Lipinski definition) is 3. The van der Waals surface area contributed by atoms with Gasteiger partial charge >= 0.3 is 5.69 Å². The first-order valence-electron chi connectivity index (χ1n) is 10.3. The minimum absolute atomic E-state index is 0.00210. The highest BCUT2D eigenvalue weighted by Crippen LogP contribution is 2.21. The van der Waals surface area contributed by atoms with E-state index in [4.69, 9.17) is 10.5 Å². The van der Waals surface area contributed by atoms with Crippen LogP contribution in [0.15, 0.2) is 21.7 Å². The standard InChI is InChI=1S/C21H26F3N5O5/c1-11(2)10-29-19(25)18(20(32)27-21(29)33)28(8-9-34-3)15(31)7-6-14(30)26-13-5-4-12(22)16(23)17(13)24/h4-5,11H,6-10,25H2,1-3H3,(H,26,30)(H,27,32,33). The summed E-state index contributed by atoms with van der Waals surface area (Å²) in [5, 5.41) is 2.06. The van der Waals surface area contributed by atoms with E-state index in [2.05, 4.69) is 10.3 Å². The summed E-state index contributed by atoms with van der Waals surface area (Å²) in [6.45, 7) is 3.75. The van der Waals surface area contributed by atoms with Crippen molar-refractivity contribution in [2.75, 3.05) is 36.2 Å². The second-order valence-corrected chi connectivity index (χ2v) is 7.81. The Labute approximate surface area is 192 Å². The molecule has 0 atom stereocenters. The number of nitrogens with two attached hydrogens (primary N) is 1. The normalized spacial score (nSPS) is 11.0. The average Bonchev–Trinajstić information content (AvgIpc) is 2.77. The lowest BCUT2D eigenvalue weighted by atomic mass is 10.2. The Kier molecular flexibility index (Phi) is 9.01. The molecule has 2 amide bonds. The van der Waals surface area contributed by atoms with Crippen LogP contribution in [0, 0.1) is 23.4 Å². The molecule has 10 nitrogen and oxygen atoms in total. The lowest BCUT2D eigenvalue weighted by molar-refractivity contribution is -0.122. The van der Waals surface area contributed by atoms with Crippen LogP contribution < -0.4 is 27.2 Å². The minimum atomic E-state index is -1.74. The molecule has 13 heteroatoms. The number of anilines is 3. The van der Waals surface area contributed by atoms with Gasteiger partial charge in [0.15, 0.2) is 23.1 Å². The first kappa shape index (κ1) is 26.6. The van der Waals surface area contributed by atoms with Crippen LogP contribution in [0.25, 0.3) is 0 Å². The Morgan fingerprint density at radius 2 is 1.85 bits per heavy atom. The van der Waals surface area contributed by atoms with Gasteiger partial charge in [-0.2, -0.15) is 0 Å². The van der Waals surface area contributed by atoms with E-state index in [1.807, 2.05) is 13.8 Å². The number of H-pyrrole nitrogens is 1. The second-order valence-electron chi connectivity index (χ2n) is 7.81. The summed E-state index contributed by atoms with van der Waals surface area (Å²) < 4.78 is 46.3. The predicted octanol–water partition coefficient (Wildman–Crippen LogP) is 1.59. The minimum Gasteiger partial charge on any atom is -0.383 e. The van der Waals surface area contributed by atoms with Crippen LogP contribution in [0.1, 0.15) is 26.7 Å². The molecule has 0 unspecified atom stereocenters. The quantitative estimate of drug-likeness (QED) is 0.437. The number of ether oxygens (including phenoxy) is 1. The molecule has 0 saturated heterocycles. The van der Waals surface area contributed by atoms with Crippen molar-refractivity contribution in [3.63, 3.8) is 0 Å². The summed E-state index contributed by atoms with van der Waals surface area (Å²) >= 11 is 0. The lowest BCUT2D eigenvalue weighted by Gasteiger charge is -2.24. The molecule has 1 aromatic heterocycles. The van der Waals surface area contributed by atoms with Crippen LogP contribution in [-0.2, 0) is 20.9 Å². The maximum Gasteiger partial charge on any atom is 0.330 e. The molecule has 186 valence electrons. The molecule has 2 aromatic rings. The summed E-state index contributed by atoms with van der Waals surface area (Å²) in [6, 6.07) is 1.49. The van der Waals surface area contributed by atoms with Crippen molar-refractivity contribution in [3.05, 3.63) is 50.4 Å². The van der Waals surface area contributed by atoms with Crippen molar-refractivity contribution in [3.8, 4) is 0 Å². The number of hydrogen-bond acceptors (Lipinski definition) is 6. The van der Waals surface area contributed by atoms with Gasteiger partial charge in [0.1, 0.15) is 5.82 Å². The number of rotatable bonds is 10. The van der Waals surface area contributed by atoms with Gasteiger partial charge in [-0.25, -0.2) is 18.0 Å². The molecule has 0 bridgehead atoms. The largest absolute Gasteiger partial charge is 0.383 e. The van der Waals surface area contributed by atoms with E-state index in [9.17, 15) is 32.3 Å². The molecule has 0 aliphatic rings. The highest BCUT2D eigenvalue weighted by Gasteiger charge is 2.25. The zero-order chi connectivity index (χ0) is 25.6. The van der Waals surface area contributed by atoms with Gasteiger partial charge in [-0.15, -0.1) is 0 Å². The third-order valence-corrected chi connectivity index (χ3v) is 4.73. The highest BCUT2D eigenvalue weighted by molar-refractivity contribution is 5.99. The Hall–Kier alpha value is -3.61. The van der Waals surface area contributed by atoms with Crippen molar-refractivity contribution < 1.29 is 27.5 Å². The van der Waals surface area contributed by atoms with Gasteiger partial charge in [0, 0.05) is 33.0 Å². The fraction of sp³-hybridized carbons (Fsp3) is 0.429. The molecule has 0 spiro atoms. The number of aromatic nitrogens is 2. The third kappa shape index (κ3) is 6.25. The van der Waals surface area contributed by atoms with Gasteiger partial charge in [-0.05, 0) is 18.1 Å². The van der Waals surface area contributed by atoms with Crippen LogP contribution >= 0.6 is 0 Å². The summed E-state index contributed by atoms with van der Waals surface area (Å²) in [6.07, 6.45) is -0.909. The van der Waals surface area contributed by atoms with Crippen LogP contribution in [0.4, 0.5) is 30.4 Å². The van der Waals surface area contributed by atoms with Crippen LogP contribution in [0.3, 0.4) is 0 Å². The zero-order valence-corrected chi connectivity index (χ0v) is 18.9. The van der Waals surface area contributed by atoms with Crippen molar-refractivity contribution in [2.45, 2.75) is 33.2 Å². The van der Waals surface area contributed by atoms with Crippen LogP contribution in [0.5, 0.6) is 0 Å². The number of carbonyl (C=O) groups excluding carboxylic acids is 2. The second kappa shape index (κ2) is 11.5. The van der Waals surface area contributed by atoms with Crippen LogP contribution in [-0.4, -0.2) is 41.6 Å². The predicted molar refractivity (Wildman–Crippen MR) is 119 cm³/mol. The topological polar surface area (TPSA) is 140 Å². The number of halogens is 3. The van der Waals surface area contributed by atoms with Gasteiger partial charge in [-0.3, -0.25) is 23.9 Å². The zero-order valence-electron chi connectivity index (χ0n) is 18.9. The maximum atomic E-state index is 13.8. The summed E-state index contributed by atoms with van der Waals surface area (Å²) in [5.41, 5.74) is 3.59. The monoisotopic (exact) mass is 485 g/mol. The van der Waals surface area contributed by atoms with Crippen molar-refractivity contribution >= 4 is 29.0 Å². The fourth-order valence-corrected chi connectivity index (χ4v) is 3.12. The molecule has 34 heavy (non-hydrogen) atoms. The molecule has 2 rings (SSSR count). The van der Waals surface area contributed by atoms with Gasteiger partial charge in [0.2, 0.25) is 11.8 Å². The first-order valence-corrected chi connectivity index (χ1v) is 10.3. The summed E-state index contributed by atoms with van der Waals surface area (Å²) in [4.78, 5) is 52.9. The van der Waals surface area contributed by atoms with E-state index >= 15 is 0 Å². The molecule has 0 radical (unpaired) electrons. The van der Waals surface area contributed by atoms with Crippen molar-refractivity contribution in [1.82, 2.24) is 9.55 Å². The van der Waals surface area contributed by atoms with Gasteiger partial charge in [0.05, 0.1) is 12.3 Å². The first-order chi connectivity index (χ1) is 16.0. The van der Waals surface area contributed by atoms with E-state index in [1.54, 1.807) is 0 Å². The van der Waals surface area contributed by atoms with Crippen molar-refractivity contribution in [2.24, 2.45) is 5.92 Å². The van der Waals surface area contributed by atoms with Gasteiger partial charge in [-0.1, -0.05) is 13.8 Å². The van der Waals surface area contributed by atoms with Crippen molar-refractivity contribution in [1.29, 1.82) is 0 Å². The number of aromatic amines is 1. The number of carbonyl (C=O) groups is 2. The number of amides is 2. The number of nitrogens with one attached hydrogen (secondary N) is 2. The Morgan fingerprint density at radius 3 is 2.47 bits per heavy atom. The average molecular weight is 485 g/mol. The molecule has 0 saturated carbocycles. The van der Waals surface area contributed by atoms with Crippen LogP contribution in [0.2, 0.25) is 0 Å². The van der Waals surface area contributed by atoms with E-state index in [-0.39, 0.29) is 37.1 Å². The highest BCUT2D eigenvalue weighted by atomic mass is 19.2. The maximum absolute atomic E-state index is 13.8. The van der Waals surface area contributed by atoms with Gasteiger partial charge in [0.25, 0.3) is 5.56 Å². The SMILES string of the molecule is COCCN(C(=O)CCC(=O)Nc1ccc(F)c(F)c1F)c1c(N)n(CC(C)C)c(=O)[nH]c1=O. The molecule has 0 aliphatic heterocycles. The molecule has 1 aromatic carbocycles. The Balaban J connectivity index is 2.25. The third-order valence-electron chi connectivity index (χ3n) is 4.73. The molecule has 0 aliphatic carbocycles. The van der Waals surface area contributed by atoms with E-state index in [0.717, 1.165) is 15.5 Å². The van der Waals surface area contributed by atoms with E-state index < -0.39 is 59.0 Å². The smallest absolute Gasteiger partial charge is 0.330 e. The molecule has 4 N–H and O–H groups in total. The number of nitrogen functional groups attached to an aromatic ring is 1. The van der Waals surface area contributed by atoms with Gasteiger partial charge < -0.3 is 20.7 Å². The number of benzene rings is 1. The number of nitrogens with zero attached hydrogens (tertiary/aromatic N) is 2. The fourth-order valence-electron chi connectivity index (χ4n) is 3.12. The molecule has 0 fully saturated rings. The van der Waals surface area contributed by atoms with E-state index in [1.165, 1.54) is 7.11 Å². The molecule has 1 heterocycles. The summed E-state index contributed by atoms with van der Waals surface area (Å²) in [5.74, 6) is -6.51. The van der Waals surface area contributed by atoms with E-state index in [0.29, 0.717) is 6.07 Å². The number of methoxy groups -OCH3 is 1. The summed E-state index contributed by atoms with van der Waals surface area (Å²) in [7, 11) is 1.37.